The van der Waals surface area contributed by atoms with Crippen molar-refractivity contribution in [3.8, 4) is 10.6 Å². The molecule has 0 radical (unpaired) electrons. The average molecular weight is 324 g/mol. The van der Waals surface area contributed by atoms with Gasteiger partial charge in [-0.2, -0.15) is 0 Å². The molecule has 2 heterocycles. The van der Waals surface area contributed by atoms with Gasteiger partial charge in [0.2, 0.25) is 5.91 Å². The Balaban J connectivity index is 1.73. The predicted molar refractivity (Wildman–Crippen MR) is 88.3 cm³/mol. The van der Waals surface area contributed by atoms with Crippen LogP contribution in [0, 0.1) is 0 Å². The van der Waals surface area contributed by atoms with Gasteiger partial charge in [0.15, 0.2) is 0 Å². The van der Waals surface area contributed by atoms with Crippen LogP contribution in [-0.4, -0.2) is 21.8 Å². The summed E-state index contributed by atoms with van der Waals surface area (Å²) in [6, 6.07) is 12.6. The summed E-state index contributed by atoms with van der Waals surface area (Å²) in [5.41, 5.74) is 6.58. The van der Waals surface area contributed by atoms with Gasteiger partial charge >= 0.3 is 0 Å². The lowest BCUT2D eigenvalue weighted by Crippen LogP contribution is -2.15. The Kier molecular flexibility index (Phi) is 4.11. The van der Waals surface area contributed by atoms with Crippen LogP contribution in [-0.2, 0) is 0 Å². The van der Waals surface area contributed by atoms with E-state index in [1.165, 1.54) is 29.7 Å². The Morgan fingerprint density at radius 2 is 1.78 bits per heavy atom. The van der Waals surface area contributed by atoms with Crippen LogP contribution in [0.25, 0.3) is 10.6 Å². The van der Waals surface area contributed by atoms with Crippen LogP contribution in [0.5, 0.6) is 0 Å². The molecule has 0 saturated heterocycles. The fourth-order valence-electron chi connectivity index (χ4n) is 1.90. The minimum Gasteiger partial charge on any atom is -0.366 e. The molecule has 7 heteroatoms. The number of benzene rings is 1. The number of nitrogens with two attached hydrogens (primary N) is 1. The summed E-state index contributed by atoms with van der Waals surface area (Å²) in [5, 5.41) is 4.17. The second kappa shape index (κ2) is 6.37. The van der Waals surface area contributed by atoms with E-state index in [4.69, 9.17) is 5.73 Å². The molecule has 0 unspecified atom stereocenters. The highest BCUT2D eigenvalue weighted by atomic mass is 32.1. The van der Waals surface area contributed by atoms with Crippen molar-refractivity contribution < 1.29 is 9.59 Å². The molecular formula is C16H12N4O2S. The zero-order chi connectivity index (χ0) is 16.2. The number of amides is 2. The third-order valence-corrected chi connectivity index (χ3v) is 4.01. The first-order valence-corrected chi connectivity index (χ1v) is 7.53. The molecule has 0 aliphatic rings. The van der Waals surface area contributed by atoms with Crippen molar-refractivity contribution in [1.29, 1.82) is 0 Å². The monoisotopic (exact) mass is 324 g/mol. The summed E-state index contributed by atoms with van der Waals surface area (Å²) < 4.78 is 0. The molecule has 0 saturated carbocycles. The van der Waals surface area contributed by atoms with Crippen LogP contribution in [0.4, 0.5) is 5.00 Å². The minimum absolute atomic E-state index is 0.199. The molecule has 0 bridgehead atoms. The average Bonchev–Trinajstić information content (AvgIpc) is 3.04. The molecule has 6 nitrogen and oxygen atoms in total. The van der Waals surface area contributed by atoms with Gasteiger partial charge in [0.1, 0.15) is 15.7 Å². The molecule has 2 aromatic heterocycles. The molecule has 114 valence electrons. The fraction of sp³-hybridized carbons (Fsp3) is 0. The molecule has 0 aliphatic heterocycles. The number of nitrogens with zero attached hydrogens (tertiary/aromatic N) is 2. The van der Waals surface area contributed by atoms with E-state index in [1.807, 2.05) is 30.3 Å². The largest absolute Gasteiger partial charge is 0.366 e. The summed E-state index contributed by atoms with van der Waals surface area (Å²) in [6.45, 7) is 0. The van der Waals surface area contributed by atoms with Crippen molar-refractivity contribution >= 4 is 28.2 Å². The number of carbonyl (C=O) groups is 2. The van der Waals surface area contributed by atoms with Gasteiger partial charge < -0.3 is 11.1 Å². The number of anilines is 1. The van der Waals surface area contributed by atoms with Gasteiger partial charge in [-0.15, -0.1) is 0 Å². The van der Waals surface area contributed by atoms with Crippen molar-refractivity contribution in [2.45, 2.75) is 0 Å². The molecule has 3 N–H and O–H groups in total. The maximum atomic E-state index is 12.1. The van der Waals surface area contributed by atoms with Gasteiger partial charge in [-0.1, -0.05) is 41.7 Å². The first kappa shape index (κ1) is 14.9. The third kappa shape index (κ3) is 3.41. The van der Waals surface area contributed by atoms with Gasteiger partial charge in [-0.3, -0.25) is 14.6 Å². The summed E-state index contributed by atoms with van der Waals surface area (Å²) >= 11 is 1.37. The van der Waals surface area contributed by atoms with Gasteiger partial charge in [-0.05, 0) is 12.1 Å². The van der Waals surface area contributed by atoms with Gasteiger partial charge in [-0.25, -0.2) is 4.98 Å². The molecule has 23 heavy (non-hydrogen) atoms. The summed E-state index contributed by atoms with van der Waals surface area (Å²) in [5.74, 6) is -0.955. The zero-order valence-corrected chi connectivity index (χ0v) is 12.7. The molecule has 0 spiro atoms. The van der Waals surface area contributed by atoms with Crippen LogP contribution >= 0.6 is 11.3 Å². The van der Waals surface area contributed by atoms with Crippen LogP contribution in [0.3, 0.4) is 0 Å². The first-order chi connectivity index (χ1) is 11.1. The lowest BCUT2D eigenvalue weighted by atomic mass is 10.2. The lowest BCUT2D eigenvalue weighted by Gasteiger charge is -2.01. The number of carbonyl (C=O) groups excluding carboxylic acids is 2. The van der Waals surface area contributed by atoms with Gasteiger partial charge in [0, 0.05) is 11.8 Å². The number of aromatic nitrogens is 2. The normalized spacial score (nSPS) is 10.3. The highest BCUT2D eigenvalue weighted by molar-refractivity contribution is 7.19. The number of hydrogen-bond donors (Lipinski definition) is 2. The molecule has 1 aromatic carbocycles. The maximum absolute atomic E-state index is 12.1. The lowest BCUT2D eigenvalue weighted by molar-refractivity contribution is 0.0993. The molecule has 3 rings (SSSR count). The van der Waals surface area contributed by atoms with Crippen LogP contribution in [0.1, 0.15) is 20.8 Å². The quantitative estimate of drug-likeness (QED) is 0.770. The number of primary amides is 1. The van der Waals surface area contributed by atoms with E-state index < -0.39 is 5.91 Å². The first-order valence-electron chi connectivity index (χ1n) is 6.72. The molecule has 0 atom stereocenters. The van der Waals surface area contributed by atoms with E-state index in [2.05, 4.69) is 15.3 Å². The Labute approximate surface area is 136 Å². The Morgan fingerprint density at radius 1 is 1.00 bits per heavy atom. The van der Waals surface area contributed by atoms with Crippen molar-refractivity contribution in [3.05, 3.63) is 66.1 Å². The summed E-state index contributed by atoms with van der Waals surface area (Å²) in [7, 11) is 0. The fourth-order valence-corrected chi connectivity index (χ4v) is 2.71. The number of pyridine rings is 1. The number of nitrogens with one attached hydrogen (secondary N) is 1. The van der Waals surface area contributed by atoms with Crippen molar-refractivity contribution in [3.63, 3.8) is 0 Å². The smallest absolute Gasteiger partial charge is 0.274 e. The van der Waals surface area contributed by atoms with E-state index in [9.17, 15) is 9.59 Å². The maximum Gasteiger partial charge on any atom is 0.274 e. The van der Waals surface area contributed by atoms with Crippen LogP contribution in [0.2, 0.25) is 0 Å². The van der Waals surface area contributed by atoms with Gasteiger partial charge in [0.05, 0.1) is 11.8 Å². The summed E-state index contributed by atoms with van der Waals surface area (Å²) in [6.07, 6.45) is 2.88. The van der Waals surface area contributed by atoms with E-state index in [1.54, 1.807) is 6.20 Å². The Bertz CT molecular complexity index is 844. The SMILES string of the molecule is NC(=O)c1ccc(C(=O)Nc2cnc(-c3ccccc3)s2)nc1. The Morgan fingerprint density at radius 3 is 2.43 bits per heavy atom. The number of rotatable bonds is 4. The van der Waals surface area contributed by atoms with Crippen molar-refractivity contribution in [2.75, 3.05) is 5.32 Å². The highest BCUT2D eigenvalue weighted by Crippen LogP contribution is 2.28. The molecular weight excluding hydrogens is 312 g/mol. The van der Waals surface area contributed by atoms with Crippen molar-refractivity contribution in [2.24, 2.45) is 5.73 Å². The molecule has 0 aliphatic carbocycles. The van der Waals surface area contributed by atoms with E-state index in [-0.39, 0.29) is 17.2 Å². The molecule has 3 aromatic rings. The Hall–Kier alpha value is -3.06. The third-order valence-electron chi connectivity index (χ3n) is 3.04. The minimum atomic E-state index is -0.584. The van der Waals surface area contributed by atoms with E-state index in [0.717, 1.165) is 10.6 Å². The number of thiazole rings is 1. The molecule has 2 amide bonds. The second-order valence-corrected chi connectivity index (χ2v) is 5.68. The topological polar surface area (TPSA) is 98.0 Å². The van der Waals surface area contributed by atoms with Crippen molar-refractivity contribution in [1.82, 2.24) is 9.97 Å². The number of hydrogen-bond acceptors (Lipinski definition) is 5. The van der Waals surface area contributed by atoms with E-state index >= 15 is 0 Å². The molecule has 0 fully saturated rings. The van der Waals surface area contributed by atoms with Crippen LogP contribution < -0.4 is 11.1 Å². The van der Waals surface area contributed by atoms with Crippen LogP contribution in [0.15, 0.2) is 54.9 Å². The van der Waals surface area contributed by atoms with E-state index in [0.29, 0.717) is 5.00 Å². The summed E-state index contributed by atoms with van der Waals surface area (Å²) in [4.78, 5) is 31.3. The predicted octanol–water partition coefficient (Wildman–Crippen LogP) is 2.56. The second-order valence-electron chi connectivity index (χ2n) is 4.65. The highest BCUT2D eigenvalue weighted by Gasteiger charge is 2.11. The van der Waals surface area contributed by atoms with Gasteiger partial charge in [0.25, 0.3) is 5.91 Å². The standard InChI is InChI=1S/C16H12N4O2S/c17-14(21)11-6-7-12(18-8-11)15(22)20-13-9-19-16(23-13)10-4-2-1-3-5-10/h1-9H,(H2,17,21)(H,20,22). The zero-order valence-electron chi connectivity index (χ0n) is 11.9.